The number of esters is 1. The van der Waals surface area contributed by atoms with Crippen LogP contribution in [0.15, 0.2) is 66.7 Å². The second-order valence-corrected chi connectivity index (χ2v) is 5.95. The molecular formula is C20H16ClNO3. The van der Waals surface area contributed by atoms with Crippen molar-refractivity contribution in [2.45, 2.75) is 13.0 Å². The van der Waals surface area contributed by atoms with Crippen molar-refractivity contribution in [3.8, 4) is 0 Å². The predicted octanol–water partition coefficient (Wildman–Crippen LogP) is 4.68. The first-order valence-corrected chi connectivity index (χ1v) is 8.18. The average molecular weight is 354 g/mol. The van der Waals surface area contributed by atoms with Crippen LogP contribution in [-0.2, 0) is 9.53 Å². The Kier molecular flexibility index (Phi) is 5.00. The first kappa shape index (κ1) is 17.0. The van der Waals surface area contributed by atoms with Gasteiger partial charge < -0.3 is 10.1 Å². The van der Waals surface area contributed by atoms with E-state index in [0.29, 0.717) is 16.3 Å². The molecule has 25 heavy (non-hydrogen) atoms. The second kappa shape index (κ2) is 7.36. The molecule has 3 aromatic carbocycles. The molecule has 1 amide bonds. The standard InChI is InChI=1S/C20H16ClNO3/c1-13(19(23)22-18-12-5-4-11-17(18)21)25-20(24)16-10-6-8-14-7-2-3-9-15(14)16/h2-13H,1H3,(H,22,23)/t13-/m1/s1. The second-order valence-electron chi connectivity index (χ2n) is 5.54. The number of amides is 1. The normalized spacial score (nSPS) is 11.8. The highest BCUT2D eigenvalue weighted by molar-refractivity contribution is 6.33. The van der Waals surface area contributed by atoms with E-state index in [1.54, 1.807) is 36.4 Å². The lowest BCUT2D eigenvalue weighted by molar-refractivity contribution is -0.123. The highest BCUT2D eigenvalue weighted by Crippen LogP contribution is 2.22. The Morgan fingerprint density at radius 3 is 2.44 bits per heavy atom. The van der Waals surface area contributed by atoms with Crippen molar-refractivity contribution < 1.29 is 14.3 Å². The smallest absolute Gasteiger partial charge is 0.339 e. The molecule has 0 spiro atoms. The van der Waals surface area contributed by atoms with Crippen LogP contribution in [0.2, 0.25) is 5.02 Å². The third-order valence-corrected chi connectivity index (χ3v) is 4.12. The number of carbonyl (C=O) groups is 2. The molecule has 0 saturated heterocycles. The molecule has 0 aromatic heterocycles. The summed E-state index contributed by atoms with van der Waals surface area (Å²) >= 11 is 6.02. The van der Waals surface area contributed by atoms with E-state index < -0.39 is 18.0 Å². The molecule has 0 aliphatic rings. The summed E-state index contributed by atoms with van der Waals surface area (Å²) in [5, 5.41) is 4.80. The fourth-order valence-corrected chi connectivity index (χ4v) is 2.66. The fourth-order valence-electron chi connectivity index (χ4n) is 2.48. The molecule has 4 nitrogen and oxygen atoms in total. The van der Waals surface area contributed by atoms with E-state index in [9.17, 15) is 9.59 Å². The van der Waals surface area contributed by atoms with E-state index in [1.807, 2.05) is 30.3 Å². The van der Waals surface area contributed by atoms with Gasteiger partial charge in [0.05, 0.1) is 16.3 Å². The van der Waals surface area contributed by atoms with Gasteiger partial charge in [-0.25, -0.2) is 4.79 Å². The average Bonchev–Trinajstić information content (AvgIpc) is 2.63. The van der Waals surface area contributed by atoms with Crippen molar-refractivity contribution in [1.29, 1.82) is 0 Å². The van der Waals surface area contributed by atoms with Gasteiger partial charge in [0.2, 0.25) is 0 Å². The maximum absolute atomic E-state index is 12.5. The summed E-state index contributed by atoms with van der Waals surface area (Å²) in [6, 6.07) is 19.8. The largest absolute Gasteiger partial charge is 0.449 e. The quantitative estimate of drug-likeness (QED) is 0.693. The Hall–Kier alpha value is -2.85. The van der Waals surface area contributed by atoms with Gasteiger partial charge >= 0.3 is 5.97 Å². The van der Waals surface area contributed by atoms with Crippen LogP contribution in [0.5, 0.6) is 0 Å². The summed E-state index contributed by atoms with van der Waals surface area (Å²) in [5.74, 6) is -0.986. The monoisotopic (exact) mass is 353 g/mol. The minimum atomic E-state index is -0.956. The minimum Gasteiger partial charge on any atom is -0.449 e. The van der Waals surface area contributed by atoms with E-state index in [-0.39, 0.29) is 0 Å². The fraction of sp³-hybridized carbons (Fsp3) is 0.100. The lowest BCUT2D eigenvalue weighted by atomic mass is 10.0. The number of fused-ring (bicyclic) bond motifs is 1. The maximum atomic E-state index is 12.5. The topological polar surface area (TPSA) is 55.4 Å². The van der Waals surface area contributed by atoms with Crippen LogP contribution in [0.3, 0.4) is 0 Å². The van der Waals surface area contributed by atoms with Gasteiger partial charge in [0, 0.05) is 0 Å². The Balaban J connectivity index is 1.74. The van der Waals surface area contributed by atoms with Crippen LogP contribution in [0.1, 0.15) is 17.3 Å². The van der Waals surface area contributed by atoms with Crippen LogP contribution in [0.4, 0.5) is 5.69 Å². The number of rotatable bonds is 4. The molecule has 5 heteroatoms. The number of ether oxygens (including phenoxy) is 1. The van der Waals surface area contributed by atoms with E-state index in [1.165, 1.54) is 6.92 Å². The Morgan fingerprint density at radius 2 is 1.64 bits per heavy atom. The van der Waals surface area contributed by atoms with Crippen molar-refractivity contribution in [3.05, 3.63) is 77.3 Å². The Morgan fingerprint density at radius 1 is 0.960 bits per heavy atom. The molecule has 0 aliphatic heterocycles. The van der Waals surface area contributed by atoms with Gasteiger partial charge in [0.25, 0.3) is 5.91 Å². The molecule has 3 aromatic rings. The molecule has 0 fully saturated rings. The van der Waals surface area contributed by atoms with Gasteiger partial charge in [-0.15, -0.1) is 0 Å². The summed E-state index contributed by atoms with van der Waals surface area (Å²) in [7, 11) is 0. The van der Waals surface area contributed by atoms with E-state index in [4.69, 9.17) is 16.3 Å². The van der Waals surface area contributed by atoms with E-state index in [0.717, 1.165) is 10.8 Å². The van der Waals surface area contributed by atoms with Crippen LogP contribution < -0.4 is 5.32 Å². The molecule has 0 aliphatic carbocycles. The lowest BCUT2D eigenvalue weighted by Crippen LogP contribution is -2.30. The Bertz CT molecular complexity index is 934. The van der Waals surface area contributed by atoms with Gasteiger partial charge in [0.1, 0.15) is 0 Å². The van der Waals surface area contributed by atoms with Gasteiger partial charge in [-0.1, -0.05) is 60.1 Å². The first-order valence-electron chi connectivity index (χ1n) is 7.80. The summed E-state index contributed by atoms with van der Waals surface area (Å²) < 4.78 is 5.32. The summed E-state index contributed by atoms with van der Waals surface area (Å²) in [5.41, 5.74) is 0.901. The van der Waals surface area contributed by atoms with Crippen LogP contribution in [0, 0.1) is 0 Å². The molecule has 0 heterocycles. The predicted molar refractivity (Wildman–Crippen MR) is 98.9 cm³/mol. The number of carbonyl (C=O) groups excluding carboxylic acids is 2. The zero-order valence-electron chi connectivity index (χ0n) is 13.5. The molecule has 0 bridgehead atoms. The van der Waals surface area contributed by atoms with E-state index in [2.05, 4.69) is 5.32 Å². The zero-order valence-corrected chi connectivity index (χ0v) is 14.3. The van der Waals surface area contributed by atoms with E-state index >= 15 is 0 Å². The SMILES string of the molecule is C[C@@H](OC(=O)c1cccc2ccccc12)C(=O)Nc1ccccc1Cl. The van der Waals surface area contributed by atoms with Crippen LogP contribution in [-0.4, -0.2) is 18.0 Å². The van der Waals surface area contributed by atoms with Gasteiger partial charge in [0.15, 0.2) is 6.10 Å². The molecule has 1 atom stereocenters. The molecule has 0 unspecified atom stereocenters. The number of nitrogens with one attached hydrogen (secondary N) is 1. The number of para-hydroxylation sites is 1. The van der Waals surface area contributed by atoms with Crippen LogP contribution >= 0.6 is 11.6 Å². The third kappa shape index (κ3) is 3.80. The summed E-state index contributed by atoms with van der Waals surface area (Å²) in [4.78, 5) is 24.7. The number of hydrogen-bond donors (Lipinski definition) is 1. The molecule has 1 N–H and O–H groups in total. The van der Waals surface area contributed by atoms with Crippen molar-refractivity contribution in [2.75, 3.05) is 5.32 Å². The first-order chi connectivity index (χ1) is 12.1. The van der Waals surface area contributed by atoms with Crippen molar-refractivity contribution >= 4 is 39.9 Å². The molecule has 3 rings (SSSR count). The number of hydrogen-bond acceptors (Lipinski definition) is 3. The van der Waals surface area contributed by atoms with Gasteiger partial charge in [-0.3, -0.25) is 4.79 Å². The Labute approximate surface area is 150 Å². The van der Waals surface area contributed by atoms with Crippen molar-refractivity contribution in [3.63, 3.8) is 0 Å². The van der Waals surface area contributed by atoms with Gasteiger partial charge in [-0.05, 0) is 35.9 Å². The lowest BCUT2D eigenvalue weighted by Gasteiger charge is -2.15. The number of halogens is 1. The molecular weight excluding hydrogens is 338 g/mol. The minimum absolute atomic E-state index is 0.420. The highest BCUT2D eigenvalue weighted by Gasteiger charge is 2.20. The number of anilines is 1. The van der Waals surface area contributed by atoms with Crippen LogP contribution in [0.25, 0.3) is 10.8 Å². The third-order valence-electron chi connectivity index (χ3n) is 3.79. The highest BCUT2D eigenvalue weighted by atomic mass is 35.5. The molecule has 0 radical (unpaired) electrons. The van der Waals surface area contributed by atoms with Gasteiger partial charge in [-0.2, -0.15) is 0 Å². The van der Waals surface area contributed by atoms with Crippen molar-refractivity contribution in [1.82, 2.24) is 0 Å². The maximum Gasteiger partial charge on any atom is 0.339 e. The molecule has 0 saturated carbocycles. The van der Waals surface area contributed by atoms with Crippen molar-refractivity contribution in [2.24, 2.45) is 0 Å². The summed E-state index contributed by atoms with van der Waals surface area (Å²) in [6.07, 6.45) is -0.956. The number of benzene rings is 3. The zero-order chi connectivity index (χ0) is 17.8. The molecule has 126 valence electrons. The summed E-state index contributed by atoms with van der Waals surface area (Å²) in [6.45, 7) is 1.52.